The second-order valence-electron chi connectivity index (χ2n) is 6.58. The van der Waals surface area contributed by atoms with Gasteiger partial charge >= 0.3 is 5.97 Å². The molecule has 3 rings (SSSR count). The molecular weight excluding hydrogens is 370 g/mol. The summed E-state index contributed by atoms with van der Waals surface area (Å²) in [5, 5.41) is 5.11. The van der Waals surface area contributed by atoms with Crippen LogP contribution in [0.5, 0.6) is 0 Å². The van der Waals surface area contributed by atoms with Crippen LogP contribution in [0, 0.1) is 0 Å². The van der Waals surface area contributed by atoms with Crippen LogP contribution >= 0.6 is 11.8 Å². The van der Waals surface area contributed by atoms with Crippen LogP contribution < -0.4 is 10.6 Å². The van der Waals surface area contributed by atoms with Crippen molar-refractivity contribution in [2.45, 2.75) is 30.7 Å². The fraction of sp³-hybridized carbons (Fsp3) is 0.444. The molecule has 1 aromatic carbocycles. The van der Waals surface area contributed by atoms with E-state index in [0.717, 1.165) is 0 Å². The first kappa shape index (κ1) is 19.2. The molecule has 2 saturated heterocycles. The molecule has 0 aliphatic carbocycles. The Morgan fingerprint density at radius 2 is 2.00 bits per heavy atom. The third-order valence-electron chi connectivity index (χ3n) is 4.72. The lowest BCUT2D eigenvalue weighted by Gasteiger charge is -2.29. The molecule has 27 heavy (non-hydrogen) atoms. The molecule has 0 saturated carbocycles. The molecule has 9 heteroatoms. The van der Waals surface area contributed by atoms with Crippen molar-refractivity contribution in [1.82, 2.24) is 10.2 Å². The van der Waals surface area contributed by atoms with E-state index in [1.165, 1.54) is 7.05 Å². The lowest BCUT2D eigenvalue weighted by molar-refractivity contribution is -0.155. The maximum Gasteiger partial charge on any atom is 0.330 e. The number of nitrogens with one attached hydrogen (secondary N) is 2. The van der Waals surface area contributed by atoms with Crippen molar-refractivity contribution in [3.8, 4) is 0 Å². The van der Waals surface area contributed by atoms with Gasteiger partial charge in [0.25, 0.3) is 11.8 Å². The molecule has 1 aromatic rings. The average molecular weight is 391 g/mol. The Hall–Kier alpha value is -2.55. The zero-order valence-corrected chi connectivity index (χ0v) is 15.9. The van der Waals surface area contributed by atoms with E-state index in [9.17, 15) is 19.2 Å². The van der Waals surface area contributed by atoms with E-state index in [1.54, 1.807) is 40.9 Å². The van der Waals surface area contributed by atoms with Gasteiger partial charge in [-0.2, -0.15) is 0 Å². The number of ether oxygens (including phenoxy) is 1. The minimum atomic E-state index is -0.644. The molecule has 3 amide bonds. The number of thioether (sulfide) groups is 1. The first-order valence-electron chi connectivity index (χ1n) is 8.59. The van der Waals surface area contributed by atoms with Crippen LogP contribution in [0.2, 0.25) is 0 Å². The highest BCUT2D eigenvalue weighted by Crippen LogP contribution is 2.47. The van der Waals surface area contributed by atoms with Crippen molar-refractivity contribution in [1.29, 1.82) is 0 Å². The Labute approximate surface area is 161 Å². The molecule has 0 unspecified atom stereocenters. The fourth-order valence-corrected chi connectivity index (χ4v) is 4.69. The largest absolute Gasteiger partial charge is 0.454 e. The number of amides is 3. The van der Waals surface area contributed by atoms with E-state index in [1.807, 2.05) is 6.92 Å². The molecule has 2 heterocycles. The van der Waals surface area contributed by atoms with Crippen LogP contribution in [0.25, 0.3) is 0 Å². The molecule has 2 N–H and O–H groups in total. The van der Waals surface area contributed by atoms with Crippen molar-refractivity contribution in [2.75, 3.05) is 24.7 Å². The summed E-state index contributed by atoms with van der Waals surface area (Å²) in [6.45, 7) is 1.51. The molecule has 0 radical (unpaired) electrons. The number of carbonyl (C=O) groups is 4. The van der Waals surface area contributed by atoms with E-state index in [-0.39, 0.29) is 16.7 Å². The van der Waals surface area contributed by atoms with Crippen LogP contribution in [0.3, 0.4) is 0 Å². The van der Waals surface area contributed by atoms with E-state index in [4.69, 9.17) is 4.74 Å². The Morgan fingerprint density at radius 3 is 2.67 bits per heavy atom. The van der Waals surface area contributed by atoms with Crippen molar-refractivity contribution in [3.63, 3.8) is 0 Å². The summed E-state index contributed by atoms with van der Waals surface area (Å²) in [6, 6.07) is 5.69. The van der Waals surface area contributed by atoms with Crippen LogP contribution in [0.4, 0.5) is 5.69 Å². The number of carbonyl (C=O) groups excluding carboxylic acids is 4. The SMILES string of the molecule is CNC(=O)c1ccc(NC(=O)COC(=O)[C@H]2CS[C@@]3(C)CCC(=O)N23)cc1. The Bertz CT molecular complexity index is 782. The van der Waals surface area contributed by atoms with Gasteiger partial charge in [0.1, 0.15) is 6.04 Å². The van der Waals surface area contributed by atoms with Gasteiger partial charge in [-0.1, -0.05) is 0 Å². The molecule has 0 aromatic heterocycles. The molecule has 2 atom stereocenters. The van der Waals surface area contributed by atoms with E-state index in [2.05, 4.69) is 10.6 Å². The topological polar surface area (TPSA) is 105 Å². The predicted molar refractivity (Wildman–Crippen MR) is 100 cm³/mol. The number of anilines is 1. The van der Waals surface area contributed by atoms with Gasteiger partial charge in [0.05, 0.1) is 4.87 Å². The number of hydrogen-bond donors (Lipinski definition) is 2. The second-order valence-corrected chi connectivity index (χ2v) is 8.08. The van der Waals surface area contributed by atoms with E-state index >= 15 is 0 Å². The normalized spacial score (nSPS) is 23.7. The zero-order chi connectivity index (χ0) is 19.6. The predicted octanol–water partition coefficient (Wildman–Crippen LogP) is 0.982. The van der Waals surface area contributed by atoms with Crippen LogP contribution in [-0.4, -0.2) is 58.9 Å². The van der Waals surface area contributed by atoms with Crippen LogP contribution in [0.1, 0.15) is 30.1 Å². The molecule has 2 fully saturated rings. The number of hydrogen-bond acceptors (Lipinski definition) is 6. The first-order chi connectivity index (χ1) is 12.8. The number of esters is 1. The van der Waals surface area contributed by atoms with Gasteiger partial charge < -0.3 is 20.3 Å². The lowest BCUT2D eigenvalue weighted by atomic mass is 10.2. The third-order valence-corrected chi connectivity index (χ3v) is 6.23. The summed E-state index contributed by atoms with van der Waals surface area (Å²) in [6.07, 6.45) is 1.15. The number of benzene rings is 1. The molecule has 0 bridgehead atoms. The highest BCUT2D eigenvalue weighted by molar-refractivity contribution is 8.01. The molecule has 2 aliphatic rings. The van der Waals surface area contributed by atoms with Crippen molar-refractivity contribution >= 4 is 41.1 Å². The van der Waals surface area contributed by atoms with Crippen molar-refractivity contribution in [3.05, 3.63) is 29.8 Å². The number of nitrogens with zero attached hydrogens (tertiary/aromatic N) is 1. The fourth-order valence-electron chi connectivity index (χ4n) is 3.27. The molecule has 8 nitrogen and oxygen atoms in total. The van der Waals surface area contributed by atoms with Crippen molar-refractivity contribution in [2.24, 2.45) is 0 Å². The summed E-state index contributed by atoms with van der Waals surface area (Å²) >= 11 is 1.57. The van der Waals surface area contributed by atoms with E-state index in [0.29, 0.717) is 29.8 Å². The Morgan fingerprint density at radius 1 is 1.30 bits per heavy atom. The number of fused-ring (bicyclic) bond motifs is 1. The second kappa shape index (κ2) is 7.59. The first-order valence-corrected chi connectivity index (χ1v) is 9.57. The highest BCUT2D eigenvalue weighted by Gasteiger charge is 2.53. The van der Waals surface area contributed by atoms with Gasteiger partial charge in [-0.05, 0) is 37.6 Å². The molecule has 144 valence electrons. The maximum atomic E-state index is 12.3. The Kier molecular flexibility index (Phi) is 5.41. The summed E-state index contributed by atoms with van der Waals surface area (Å²) in [5.74, 6) is -0.850. The van der Waals surface area contributed by atoms with Gasteiger partial charge in [-0.25, -0.2) is 4.79 Å². The molecular formula is C18H21N3O5S. The third kappa shape index (κ3) is 3.92. The zero-order valence-electron chi connectivity index (χ0n) is 15.1. The minimum Gasteiger partial charge on any atom is -0.454 e. The van der Waals surface area contributed by atoms with Gasteiger partial charge in [-0.15, -0.1) is 11.8 Å². The summed E-state index contributed by atoms with van der Waals surface area (Å²) < 4.78 is 5.12. The minimum absolute atomic E-state index is 0.0508. The smallest absolute Gasteiger partial charge is 0.330 e. The maximum absolute atomic E-state index is 12.3. The van der Waals surface area contributed by atoms with Gasteiger partial charge in [0.15, 0.2) is 6.61 Å². The molecule has 2 aliphatic heterocycles. The van der Waals surface area contributed by atoms with Gasteiger partial charge in [-0.3, -0.25) is 14.4 Å². The van der Waals surface area contributed by atoms with Crippen LogP contribution in [0.15, 0.2) is 24.3 Å². The average Bonchev–Trinajstić information content (AvgIpc) is 3.15. The quantitative estimate of drug-likeness (QED) is 0.725. The molecule has 0 spiro atoms. The van der Waals surface area contributed by atoms with Crippen molar-refractivity contribution < 1.29 is 23.9 Å². The summed E-state index contributed by atoms with van der Waals surface area (Å²) in [5.41, 5.74) is 0.960. The Balaban J connectivity index is 1.51. The number of rotatable bonds is 5. The monoisotopic (exact) mass is 391 g/mol. The lowest BCUT2D eigenvalue weighted by Crippen LogP contribution is -2.47. The van der Waals surface area contributed by atoms with Gasteiger partial charge in [0.2, 0.25) is 5.91 Å². The standard InChI is InChI=1S/C18H21N3O5S/c1-18-8-7-15(23)21(18)13(10-27-18)17(25)26-9-14(22)20-12-5-3-11(4-6-12)16(24)19-2/h3-6,13H,7-10H2,1-2H3,(H,19,24)(H,20,22)/t13-,18+/m1/s1. The van der Waals surface area contributed by atoms with Crippen LogP contribution in [-0.2, 0) is 19.1 Å². The highest BCUT2D eigenvalue weighted by atomic mass is 32.2. The van der Waals surface area contributed by atoms with E-state index < -0.39 is 24.5 Å². The summed E-state index contributed by atoms with van der Waals surface area (Å²) in [4.78, 5) is 49.1. The summed E-state index contributed by atoms with van der Waals surface area (Å²) in [7, 11) is 1.54. The van der Waals surface area contributed by atoms with Gasteiger partial charge in [0, 0.05) is 30.5 Å².